The molecule has 3 unspecified atom stereocenters. The van der Waals surface area contributed by atoms with Crippen LogP contribution in [0.15, 0.2) is 52.0 Å². The van der Waals surface area contributed by atoms with E-state index in [9.17, 15) is 4.79 Å². The lowest BCUT2D eigenvalue weighted by atomic mass is 9.64. The van der Waals surface area contributed by atoms with E-state index in [0.29, 0.717) is 5.95 Å². The Balaban J connectivity index is 1.25. The van der Waals surface area contributed by atoms with Gasteiger partial charge in [-0.05, 0) is 72.0 Å². The zero-order valence-corrected chi connectivity index (χ0v) is 18.4. The number of hydrogen-bond acceptors (Lipinski definition) is 5. The Kier molecular flexibility index (Phi) is 5.21. The Bertz CT molecular complexity index is 1080. The molecule has 3 heterocycles. The van der Waals surface area contributed by atoms with E-state index in [1.807, 2.05) is 37.3 Å². The number of para-hydroxylation sites is 1. The molecule has 5 rings (SSSR count). The van der Waals surface area contributed by atoms with E-state index in [0.717, 1.165) is 54.2 Å². The zero-order valence-electron chi connectivity index (χ0n) is 17.5. The van der Waals surface area contributed by atoms with Gasteiger partial charge in [-0.1, -0.05) is 18.2 Å². The SMILES string of the molecule is Cc1nc(Nc2ccccc2)n(C)c(=O)c1CCN1CC2CC(c3ccsc3)C2C1. The van der Waals surface area contributed by atoms with Gasteiger partial charge in [-0.3, -0.25) is 9.36 Å². The Labute approximate surface area is 181 Å². The third-order valence-corrected chi connectivity index (χ3v) is 7.61. The van der Waals surface area contributed by atoms with Crippen molar-refractivity contribution in [3.8, 4) is 0 Å². The standard InChI is InChI=1S/C24H28N4OS/c1-16-20(23(29)27(2)24(25-16)26-19-6-4-3-5-7-19)8-10-28-13-18-12-21(22(18)14-28)17-9-11-30-15-17/h3-7,9,11,15,18,21-22H,8,10,12-14H2,1-2H3,(H,25,26). The maximum Gasteiger partial charge on any atom is 0.258 e. The van der Waals surface area contributed by atoms with Gasteiger partial charge in [0, 0.05) is 37.9 Å². The first-order valence-electron chi connectivity index (χ1n) is 10.7. The van der Waals surface area contributed by atoms with Gasteiger partial charge in [0.05, 0.1) is 5.69 Å². The first-order valence-corrected chi connectivity index (χ1v) is 11.7. The van der Waals surface area contributed by atoms with Crippen LogP contribution in [-0.4, -0.2) is 34.1 Å². The van der Waals surface area contributed by atoms with Gasteiger partial charge in [0.15, 0.2) is 0 Å². The van der Waals surface area contributed by atoms with E-state index < -0.39 is 0 Å². The van der Waals surface area contributed by atoms with Crippen molar-refractivity contribution in [1.82, 2.24) is 14.5 Å². The van der Waals surface area contributed by atoms with Crippen LogP contribution < -0.4 is 10.9 Å². The Morgan fingerprint density at radius 1 is 1.20 bits per heavy atom. The van der Waals surface area contributed by atoms with Crippen molar-refractivity contribution in [2.24, 2.45) is 18.9 Å². The molecule has 1 aromatic carbocycles. The fraction of sp³-hybridized carbons (Fsp3) is 0.417. The smallest absolute Gasteiger partial charge is 0.258 e. The second-order valence-electron chi connectivity index (χ2n) is 8.69. The van der Waals surface area contributed by atoms with Crippen molar-refractivity contribution in [2.45, 2.75) is 25.7 Å². The second kappa shape index (κ2) is 8.00. The van der Waals surface area contributed by atoms with E-state index in [1.54, 1.807) is 23.0 Å². The van der Waals surface area contributed by atoms with E-state index in [2.05, 4.69) is 27.0 Å². The molecule has 30 heavy (non-hydrogen) atoms. The monoisotopic (exact) mass is 420 g/mol. The number of aromatic nitrogens is 2. The molecule has 1 saturated carbocycles. The number of thiophene rings is 1. The minimum Gasteiger partial charge on any atom is -0.326 e. The molecule has 1 saturated heterocycles. The predicted molar refractivity (Wildman–Crippen MR) is 123 cm³/mol. The van der Waals surface area contributed by atoms with Crippen molar-refractivity contribution in [3.05, 3.63) is 74.3 Å². The summed E-state index contributed by atoms with van der Waals surface area (Å²) < 4.78 is 1.63. The van der Waals surface area contributed by atoms with Gasteiger partial charge in [-0.25, -0.2) is 4.98 Å². The van der Waals surface area contributed by atoms with Gasteiger partial charge in [-0.2, -0.15) is 11.3 Å². The number of hydrogen-bond donors (Lipinski definition) is 1. The Morgan fingerprint density at radius 2 is 2.03 bits per heavy atom. The highest BCUT2D eigenvalue weighted by molar-refractivity contribution is 7.08. The van der Waals surface area contributed by atoms with Crippen LogP contribution in [0.3, 0.4) is 0 Å². The van der Waals surface area contributed by atoms with Gasteiger partial charge in [0.2, 0.25) is 5.95 Å². The van der Waals surface area contributed by atoms with E-state index >= 15 is 0 Å². The van der Waals surface area contributed by atoms with Crippen LogP contribution in [-0.2, 0) is 13.5 Å². The second-order valence-corrected chi connectivity index (χ2v) is 9.47. The molecular weight excluding hydrogens is 392 g/mol. The molecule has 2 aliphatic rings. The Morgan fingerprint density at radius 3 is 2.80 bits per heavy atom. The van der Waals surface area contributed by atoms with E-state index in [1.165, 1.54) is 18.5 Å². The van der Waals surface area contributed by atoms with Crippen LogP contribution in [0.5, 0.6) is 0 Å². The molecule has 6 heteroatoms. The third kappa shape index (κ3) is 3.59. The molecule has 0 radical (unpaired) electrons. The lowest BCUT2D eigenvalue weighted by molar-refractivity contribution is 0.191. The quantitative estimate of drug-likeness (QED) is 0.650. The molecule has 0 bridgehead atoms. The third-order valence-electron chi connectivity index (χ3n) is 6.91. The van der Waals surface area contributed by atoms with Crippen LogP contribution in [0, 0.1) is 18.8 Å². The molecule has 2 aromatic heterocycles. The number of fused-ring (bicyclic) bond motifs is 1. The lowest BCUT2D eigenvalue weighted by Gasteiger charge is -2.39. The fourth-order valence-corrected chi connectivity index (χ4v) is 5.85. The van der Waals surface area contributed by atoms with Crippen molar-refractivity contribution in [1.29, 1.82) is 0 Å². The predicted octanol–water partition coefficient (Wildman–Crippen LogP) is 4.17. The summed E-state index contributed by atoms with van der Waals surface area (Å²) in [5.74, 6) is 2.95. The molecular formula is C24H28N4OS. The molecule has 0 amide bonds. The maximum absolute atomic E-state index is 13.0. The normalized spacial score (nSPS) is 23.2. The highest BCUT2D eigenvalue weighted by Crippen LogP contribution is 2.51. The van der Waals surface area contributed by atoms with Crippen molar-refractivity contribution in [2.75, 3.05) is 25.0 Å². The molecule has 3 atom stereocenters. The largest absolute Gasteiger partial charge is 0.326 e. The van der Waals surface area contributed by atoms with Crippen LogP contribution >= 0.6 is 11.3 Å². The summed E-state index contributed by atoms with van der Waals surface area (Å²) in [5.41, 5.74) is 4.18. The number of rotatable bonds is 6. The highest BCUT2D eigenvalue weighted by atomic mass is 32.1. The number of nitrogens with one attached hydrogen (secondary N) is 1. The Hall–Kier alpha value is -2.44. The summed E-state index contributed by atoms with van der Waals surface area (Å²) >= 11 is 1.80. The molecule has 3 aromatic rings. The first kappa shape index (κ1) is 19.5. The topological polar surface area (TPSA) is 50.2 Å². The summed E-state index contributed by atoms with van der Waals surface area (Å²) in [6.07, 6.45) is 2.08. The average molecular weight is 421 g/mol. The van der Waals surface area contributed by atoms with E-state index in [-0.39, 0.29) is 5.56 Å². The molecule has 1 N–H and O–H groups in total. The van der Waals surface area contributed by atoms with Crippen LogP contribution in [0.4, 0.5) is 11.6 Å². The van der Waals surface area contributed by atoms with Gasteiger partial charge in [-0.15, -0.1) is 0 Å². The number of aryl methyl sites for hydroxylation is 1. The van der Waals surface area contributed by atoms with Crippen LogP contribution in [0.1, 0.15) is 29.2 Å². The van der Waals surface area contributed by atoms with Crippen molar-refractivity contribution >= 4 is 23.0 Å². The van der Waals surface area contributed by atoms with Crippen molar-refractivity contribution in [3.63, 3.8) is 0 Å². The fourth-order valence-electron chi connectivity index (χ4n) is 5.13. The average Bonchev–Trinajstić information content (AvgIpc) is 3.36. The van der Waals surface area contributed by atoms with Gasteiger partial charge >= 0.3 is 0 Å². The molecule has 2 fully saturated rings. The lowest BCUT2D eigenvalue weighted by Crippen LogP contribution is -2.33. The summed E-state index contributed by atoms with van der Waals surface area (Å²) in [4.78, 5) is 20.3. The van der Waals surface area contributed by atoms with Gasteiger partial charge in [0.1, 0.15) is 0 Å². The van der Waals surface area contributed by atoms with Gasteiger partial charge in [0.25, 0.3) is 5.56 Å². The number of benzene rings is 1. The van der Waals surface area contributed by atoms with E-state index in [4.69, 9.17) is 4.98 Å². The number of anilines is 2. The molecule has 0 spiro atoms. The first-order chi connectivity index (χ1) is 14.6. The highest BCUT2D eigenvalue weighted by Gasteiger charge is 2.47. The molecule has 5 nitrogen and oxygen atoms in total. The minimum atomic E-state index is 0.0549. The minimum absolute atomic E-state index is 0.0549. The number of nitrogens with zero attached hydrogens (tertiary/aromatic N) is 3. The van der Waals surface area contributed by atoms with Crippen LogP contribution in [0.2, 0.25) is 0 Å². The molecule has 1 aliphatic heterocycles. The van der Waals surface area contributed by atoms with Gasteiger partial charge < -0.3 is 10.2 Å². The van der Waals surface area contributed by atoms with Crippen LogP contribution in [0.25, 0.3) is 0 Å². The summed E-state index contributed by atoms with van der Waals surface area (Å²) in [6, 6.07) is 12.1. The summed E-state index contributed by atoms with van der Waals surface area (Å²) in [6.45, 7) is 5.22. The summed E-state index contributed by atoms with van der Waals surface area (Å²) in [5, 5.41) is 7.76. The molecule has 156 valence electrons. The molecule has 1 aliphatic carbocycles. The summed E-state index contributed by atoms with van der Waals surface area (Å²) in [7, 11) is 1.80. The maximum atomic E-state index is 13.0. The number of likely N-dealkylation sites (tertiary alicyclic amines) is 1. The zero-order chi connectivity index (χ0) is 20.7. The van der Waals surface area contributed by atoms with Crippen molar-refractivity contribution < 1.29 is 0 Å².